The van der Waals surface area contributed by atoms with Crippen molar-refractivity contribution < 1.29 is 75.7 Å². The van der Waals surface area contributed by atoms with E-state index in [1.54, 1.807) is 11.8 Å². The van der Waals surface area contributed by atoms with E-state index in [9.17, 15) is 57.6 Å². The summed E-state index contributed by atoms with van der Waals surface area (Å²) in [5, 5.41) is 15.0. The van der Waals surface area contributed by atoms with Crippen LogP contribution in [0, 0.1) is 17.3 Å². The SMILES string of the molecule is C[C@H]1C2CCC1N(C(=O)CCCCCN1C(=O)CC(SCCNC(=O)CCNC(=O)[C@H](O)C(C)(C)COP(=O)(O)OP(=O)(O)OC[C@@H]3CCCO3)C1=O)[C@@H]2C(=O)N1C(=O)[C@@H]1C. The van der Waals surface area contributed by atoms with Gasteiger partial charge < -0.3 is 35.2 Å². The summed E-state index contributed by atoms with van der Waals surface area (Å²) in [6.07, 6.45) is 2.52. The molecule has 1 saturated carbocycles. The first-order valence-electron chi connectivity index (χ1n) is 20.8. The molecule has 61 heavy (non-hydrogen) atoms. The standard InChI is InChI=1S/C37H59N5O16P2S/c1-22-25-11-12-26(22)42(31(25)36(50)41-23(2)34(41)48)29(44)10-6-5-7-16-40-30(45)19-27(35(40)49)61-18-15-38-28(43)13-14-39-33(47)32(46)37(3,4)21-57-60(53,54)58-59(51,52)56-20-24-9-8-17-55-24/h22-27,31-32,46H,5-21H2,1-4H3,(H,38,43)(H,39,47)(H,51,52)(H,53,54)/t22-,23-,24-,25?,26?,27?,31-,32-,41?/m0/s1. The van der Waals surface area contributed by atoms with Crippen molar-refractivity contribution >= 4 is 68.8 Å². The third kappa shape index (κ3) is 12.7. The molecule has 21 nitrogen and oxygen atoms in total. The summed E-state index contributed by atoms with van der Waals surface area (Å²) >= 11 is 1.24. The molecule has 10 atom stereocenters. The molecule has 0 spiro atoms. The molecule has 2 bridgehead atoms. The highest BCUT2D eigenvalue weighted by molar-refractivity contribution is 8.00. The summed E-state index contributed by atoms with van der Waals surface area (Å²) in [4.78, 5) is 113. The fraction of sp³-hybridized carbons (Fsp3) is 0.811. The first-order valence-corrected chi connectivity index (χ1v) is 24.8. The van der Waals surface area contributed by atoms with Crippen LogP contribution in [0.4, 0.5) is 0 Å². The molecular formula is C37H59N5O16P2S. The number of carbonyl (C=O) groups excluding carboxylic acids is 7. The van der Waals surface area contributed by atoms with Gasteiger partial charge in [-0.1, -0.05) is 27.2 Å². The van der Waals surface area contributed by atoms with E-state index in [0.29, 0.717) is 38.0 Å². The first kappa shape index (κ1) is 49.2. The lowest BCUT2D eigenvalue weighted by Gasteiger charge is -2.34. The second kappa shape index (κ2) is 20.8. The van der Waals surface area contributed by atoms with Crippen LogP contribution in [0.2, 0.25) is 0 Å². The summed E-state index contributed by atoms with van der Waals surface area (Å²) in [7, 11) is -10.2. The Bertz CT molecular complexity index is 1780. The predicted molar refractivity (Wildman–Crippen MR) is 216 cm³/mol. The van der Waals surface area contributed by atoms with Crippen molar-refractivity contribution in [1.82, 2.24) is 25.3 Å². The van der Waals surface area contributed by atoms with Crippen LogP contribution < -0.4 is 10.6 Å². The fourth-order valence-electron chi connectivity index (χ4n) is 8.34. The largest absolute Gasteiger partial charge is 0.481 e. The van der Waals surface area contributed by atoms with E-state index in [1.807, 2.05) is 0 Å². The van der Waals surface area contributed by atoms with Crippen LogP contribution >= 0.6 is 27.4 Å². The van der Waals surface area contributed by atoms with Crippen LogP contribution in [-0.4, -0.2) is 152 Å². The van der Waals surface area contributed by atoms with Crippen molar-refractivity contribution in [3.63, 3.8) is 0 Å². The molecule has 1 aliphatic carbocycles. The number of aliphatic hydroxyl groups is 1. The molecule has 5 unspecified atom stereocenters. The van der Waals surface area contributed by atoms with Gasteiger partial charge in [0.2, 0.25) is 29.5 Å². The van der Waals surface area contributed by atoms with Crippen molar-refractivity contribution in [2.75, 3.05) is 45.2 Å². The molecule has 4 aliphatic heterocycles. The minimum absolute atomic E-state index is 0.0104. The number of phosphoric acid groups is 2. The maximum atomic E-state index is 13.3. The number of ether oxygens (including phenoxy) is 1. The van der Waals surface area contributed by atoms with E-state index in [-0.39, 0.29) is 92.9 Å². The lowest BCUT2D eigenvalue weighted by molar-refractivity contribution is -0.146. The molecule has 5 N–H and O–H groups in total. The molecule has 0 aromatic rings. The van der Waals surface area contributed by atoms with E-state index in [4.69, 9.17) is 13.8 Å². The summed E-state index contributed by atoms with van der Waals surface area (Å²) in [5.74, 6) is -1.95. The molecular weight excluding hydrogens is 864 g/mol. The van der Waals surface area contributed by atoms with Gasteiger partial charge in [-0.3, -0.25) is 52.4 Å². The number of hydrogen-bond acceptors (Lipinski definition) is 15. The molecule has 5 fully saturated rings. The van der Waals surface area contributed by atoms with Crippen LogP contribution in [0.5, 0.6) is 0 Å². The smallest absolute Gasteiger partial charge is 0.383 e. The zero-order chi connectivity index (χ0) is 44.9. The number of nitrogens with one attached hydrogen (secondary N) is 2. The van der Waals surface area contributed by atoms with Gasteiger partial charge in [0, 0.05) is 62.7 Å². The molecule has 5 rings (SSSR count). The minimum atomic E-state index is -5.17. The van der Waals surface area contributed by atoms with E-state index >= 15 is 0 Å². The Morgan fingerprint density at radius 2 is 1.66 bits per heavy atom. The van der Waals surface area contributed by atoms with Crippen molar-refractivity contribution in [3.8, 4) is 0 Å². The summed E-state index contributed by atoms with van der Waals surface area (Å²) in [5.41, 5.74) is -1.49. The highest BCUT2D eigenvalue weighted by Crippen LogP contribution is 2.61. The number of hydrogen-bond donors (Lipinski definition) is 5. The van der Waals surface area contributed by atoms with E-state index in [2.05, 4.69) is 21.9 Å². The molecule has 7 amide bonds. The van der Waals surface area contributed by atoms with Crippen LogP contribution in [0.3, 0.4) is 0 Å². The molecule has 344 valence electrons. The number of amides is 7. The maximum absolute atomic E-state index is 13.3. The average molecular weight is 924 g/mol. The second-order valence-electron chi connectivity index (χ2n) is 16.9. The van der Waals surface area contributed by atoms with Crippen molar-refractivity contribution in [2.45, 2.75) is 127 Å². The van der Waals surface area contributed by atoms with Crippen molar-refractivity contribution in [1.29, 1.82) is 0 Å². The minimum Gasteiger partial charge on any atom is -0.383 e. The third-order valence-corrected chi connectivity index (χ3v) is 15.7. The van der Waals surface area contributed by atoms with E-state index in [1.165, 1.54) is 35.4 Å². The number of thioether (sulfide) groups is 1. The van der Waals surface area contributed by atoms with Crippen molar-refractivity contribution in [3.05, 3.63) is 0 Å². The monoisotopic (exact) mass is 923 g/mol. The normalized spacial score (nSPS) is 28.5. The summed E-state index contributed by atoms with van der Waals surface area (Å²) in [6, 6.07) is -1.04. The molecule has 4 saturated heterocycles. The number of imide groups is 2. The van der Waals surface area contributed by atoms with E-state index in [0.717, 1.165) is 19.3 Å². The predicted octanol–water partition coefficient (Wildman–Crippen LogP) is 1.23. The summed E-state index contributed by atoms with van der Waals surface area (Å²) < 4.78 is 43.4. The number of unbranched alkanes of at least 4 members (excludes halogenated alkanes) is 2. The Hall–Kier alpha value is -2.78. The molecule has 0 radical (unpaired) electrons. The Balaban J connectivity index is 0.916. The Kier molecular flexibility index (Phi) is 16.8. The van der Waals surface area contributed by atoms with Gasteiger partial charge in [0.1, 0.15) is 18.2 Å². The Morgan fingerprint density at radius 1 is 0.951 bits per heavy atom. The highest BCUT2D eigenvalue weighted by atomic mass is 32.2. The second-order valence-corrected chi connectivity index (χ2v) is 21.3. The van der Waals surface area contributed by atoms with Crippen LogP contribution in [0.15, 0.2) is 0 Å². The van der Waals surface area contributed by atoms with Crippen molar-refractivity contribution in [2.24, 2.45) is 17.3 Å². The number of piperidine rings is 1. The first-order chi connectivity index (χ1) is 28.6. The molecule has 24 heteroatoms. The van der Waals surface area contributed by atoms with Gasteiger partial charge in [-0.05, 0) is 57.3 Å². The molecule has 0 aromatic carbocycles. The van der Waals surface area contributed by atoms with Gasteiger partial charge in [-0.25, -0.2) is 9.13 Å². The average Bonchev–Trinajstić information content (AvgIpc) is 3.70. The fourth-order valence-corrected chi connectivity index (χ4v) is 11.6. The zero-order valence-corrected chi connectivity index (χ0v) is 37.5. The highest BCUT2D eigenvalue weighted by Gasteiger charge is 2.60. The number of aliphatic hydroxyl groups excluding tert-OH is 1. The number of fused-ring (bicyclic) bond motifs is 2. The van der Waals surface area contributed by atoms with Gasteiger partial charge in [0.15, 0.2) is 0 Å². The van der Waals surface area contributed by atoms with Gasteiger partial charge in [0.05, 0.1) is 24.6 Å². The number of carbonyl (C=O) groups is 7. The third-order valence-electron chi connectivity index (χ3n) is 11.9. The number of rotatable bonds is 24. The van der Waals surface area contributed by atoms with E-state index < -0.39 is 69.0 Å². The zero-order valence-electron chi connectivity index (χ0n) is 34.9. The topological polar surface area (TPSA) is 285 Å². The quantitative estimate of drug-likeness (QED) is 0.0394. The summed E-state index contributed by atoms with van der Waals surface area (Å²) in [6.45, 7) is 6.02. The molecule has 4 heterocycles. The molecule has 0 aromatic heterocycles. The van der Waals surface area contributed by atoms with Crippen LogP contribution in [-0.2, 0) is 60.8 Å². The van der Waals surface area contributed by atoms with Crippen LogP contribution in [0.25, 0.3) is 0 Å². The van der Waals surface area contributed by atoms with Gasteiger partial charge >= 0.3 is 15.6 Å². The number of nitrogens with zero attached hydrogens (tertiary/aromatic N) is 3. The Labute approximate surface area is 358 Å². The number of likely N-dealkylation sites (tertiary alicyclic amines) is 2. The molecule has 5 aliphatic rings. The maximum Gasteiger partial charge on any atom is 0.481 e. The van der Waals surface area contributed by atoms with Crippen LogP contribution in [0.1, 0.15) is 91.9 Å². The van der Waals surface area contributed by atoms with Gasteiger partial charge in [0.25, 0.3) is 11.8 Å². The number of phosphoric ester groups is 2. The lowest BCUT2D eigenvalue weighted by Crippen LogP contribution is -2.51. The van der Waals surface area contributed by atoms with Gasteiger partial charge in [-0.15, -0.1) is 11.8 Å². The van der Waals surface area contributed by atoms with Gasteiger partial charge in [-0.2, -0.15) is 4.31 Å². The Morgan fingerprint density at radius 3 is 2.33 bits per heavy atom. The lowest BCUT2D eigenvalue weighted by atomic mass is 9.87.